The van der Waals surface area contributed by atoms with Gasteiger partial charge in [0, 0.05) is 10.6 Å². The molecule has 1 aromatic heterocycles. The third kappa shape index (κ3) is 3.36. The number of rotatable bonds is 2. The second kappa shape index (κ2) is 6.73. The van der Waals surface area contributed by atoms with E-state index < -0.39 is 0 Å². The van der Waals surface area contributed by atoms with Crippen molar-refractivity contribution in [1.29, 1.82) is 0 Å². The molecule has 3 rings (SSSR count). The quantitative estimate of drug-likeness (QED) is 0.837. The number of aromatic nitrogens is 1. The van der Waals surface area contributed by atoms with Crippen LogP contribution in [0.2, 0.25) is 15.2 Å². The highest BCUT2D eigenvalue weighted by molar-refractivity contribution is 6.41. The van der Waals surface area contributed by atoms with Crippen LogP contribution in [0.3, 0.4) is 0 Å². The molecular formula is C16H15Cl3N2O2. The Hall–Kier alpha value is -1.20. The zero-order valence-electron chi connectivity index (χ0n) is 12.4. The Labute approximate surface area is 149 Å². The molecule has 1 saturated heterocycles. The maximum absolute atomic E-state index is 12.7. The van der Waals surface area contributed by atoms with Gasteiger partial charge in [0.05, 0.1) is 24.2 Å². The Kier molecular flexibility index (Phi) is 4.87. The van der Waals surface area contributed by atoms with E-state index in [-0.39, 0.29) is 23.2 Å². The third-order valence-electron chi connectivity index (χ3n) is 3.90. The molecule has 122 valence electrons. The van der Waals surface area contributed by atoms with E-state index in [0.717, 1.165) is 5.56 Å². The van der Waals surface area contributed by atoms with Crippen molar-refractivity contribution < 1.29 is 9.53 Å². The predicted octanol–water partition coefficient (Wildman–Crippen LogP) is 4.58. The topological polar surface area (TPSA) is 45.3 Å². The average Bonchev–Trinajstić information content (AvgIpc) is 2.87. The van der Waals surface area contributed by atoms with Crippen molar-refractivity contribution in [2.45, 2.75) is 19.1 Å². The lowest BCUT2D eigenvalue weighted by molar-refractivity contribution is -0.0487. The van der Waals surface area contributed by atoms with Crippen molar-refractivity contribution >= 4 is 40.7 Å². The number of halogens is 3. The van der Waals surface area contributed by atoms with E-state index in [0.29, 0.717) is 28.9 Å². The molecule has 4 nitrogen and oxygen atoms in total. The van der Waals surface area contributed by atoms with Gasteiger partial charge in [0.25, 0.3) is 5.91 Å². The molecule has 7 heteroatoms. The Bertz CT molecular complexity index is 712. The number of H-pyrrole nitrogens is 1. The van der Waals surface area contributed by atoms with E-state index in [4.69, 9.17) is 39.5 Å². The van der Waals surface area contributed by atoms with Crippen LogP contribution in [-0.4, -0.2) is 35.0 Å². The second-order valence-electron chi connectivity index (χ2n) is 5.49. The van der Waals surface area contributed by atoms with Gasteiger partial charge >= 0.3 is 0 Å². The fourth-order valence-electron chi connectivity index (χ4n) is 2.64. The lowest BCUT2D eigenvalue weighted by Crippen LogP contribution is -2.48. The molecule has 1 N–H and O–H groups in total. The number of morpholine rings is 1. The summed E-state index contributed by atoms with van der Waals surface area (Å²) in [5, 5.41) is 1.22. The van der Waals surface area contributed by atoms with Crippen LogP contribution < -0.4 is 0 Å². The first-order chi connectivity index (χ1) is 11.0. The van der Waals surface area contributed by atoms with Crippen LogP contribution in [0.1, 0.15) is 29.1 Å². The standard InChI is InChI=1S/C16H15Cl3N2O2/c1-9-8-23-14(10-4-2-3-5-11(10)17)7-21(9)16(22)13-6-12(18)15(19)20-13/h2-6,9,14,20H,7-8H2,1H3/t9-,14-/m0/s1. The minimum atomic E-state index is -0.259. The molecule has 0 unspecified atom stereocenters. The summed E-state index contributed by atoms with van der Waals surface area (Å²) < 4.78 is 5.86. The maximum Gasteiger partial charge on any atom is 0.270 e. The minimum Gasteiger partial charge on any atom is -0.369 e. The van der Waals surface area contributed by atoms with E-state index in [1.54, 1.807) is 11.0 Å². The van der Waals surface area contributed by atoms with Crippen molar-refractivity contribution in [2.24, 2.45) is 0 Å². The third-order valence-corrected chi connectivity index (χ3v) is 4.94. The van der Waals surface area contributed by atoms with Gasteiger partial charge in [0.2, 0.25) is 0 Å². The van der Waals surface area contributed by atoms with E-state index in [2.05, 4.69) is 4.98 Å². The van der Waals surface area contributed by atoms with Crippen molar-refractivity contribution in [3.63, 3.8) is 0 Å². The zero-order valence-corrected chi connectivity index (χ0v) is 14.6. The number of benzene rings is 1. The Morgan fingerprint density at radius 3 is 2.65 bits per heavy atom. The van der Waals surface area contributed by atoms with Crippen LogP contribution >= 0.6 is 34.8 Å². The Morgan fingerprint density at radius 1 is 1.26 bits per heavy atom. The van der Waals surface area contributed by atoms with Crippen molar-refractivity contribution in [2.75, 3.05) is 13.2 Å². The number of hydrogen-bond donors (Lipinski definition) is 1. The molecule has 1 aliphatic heterocycles. The smallest absolute Gasteiger partial charge is 0.270 e. The highest BCUT2D eigenvalue weighted by Gasteiger charge is 2.32. The number of hydrogen-bond acceptors (Lipinski definition) is 2. The summed E-state index contributed by atoms with van der Waals surface area (Å²) in [6.07, 6.45) is -0.259. The number of aromatic amines is 1. The van der Waals surface area contributed by atoms with Crippen LogP contribution in [0.4, 0.5) is 0 Å². The van der Waals surface area contributed by atoms with Gasteiger partial charge in [-0.15, -0.1) is 0 Å². The Balaban J connectivity index is 1.83. The zero-order chi connectivity index (χ0) is 16.6. The van der Waals surface area contributed by atoms with E-state index in [1.807, 2.05) is 31.2 Å². The van der Waals surface area contributed by atoms with E-state index in [1.165, 1.54) is 0 Å². The van der Waals surface area contributed by atoms with Gasteiger partial charge < -0.3 is 14.6 Å². The van der Waals surface area contributed by atoms with Crippen LogP contribution in [0.15, 0.2) is 30.3 Å². The normalized spacial score (nSPS) is 21.5. The predicted molar refractivity (Wildman–Crippen MR) is 91.5 cm³/mol. The molecule has 23 heavy (non-hydrogen) atoms. The molecular weight excluding hydrogens is 359 g/mol. The fraction of sp³-hybridized carbons (Fsp3) is 0.312. The number of carbonyl (C=O) groups is 1. The van der Waals surface area contributed by atoms with Crippen LogP contribution in [0.25, 0.3) is 0 Å². The number of carbonyl (C=O) groups excluding carboxylic acids is 1. The average molecular weight is 374 g/mol. The molecule has 2 heterocycles. The largest absolute Gasteiger partial charge is 0.369 e. The second-order valence-corrected chi connectivity index (χ2v) is 6.69. The molecule has 1 aromatic carbocycles. The SMILES string of the molecule is C[C@H]1CO[C@H](c2ccccc2Cl)CN1C(=O)c1cc(Cl)c(Cl)[nH]1. The number of ether oxygens (including phenoxy) is 1. The molecule has 2 atom stereocenters. The van der Waals surface area contributed by atoms with Gasteiger partial charge in [-0.25, -0.2) is 0 Å². The van der Waals surface area contributed by atoms with Gasteiger partial charge in [-0.1, -0.05) is 53.0 Å². The summed E-state index contributed by atoms with van der Waals surface area (Å²) in [4.78, 5) is 17.3. The molecule has 0 bridgehead atoms. The first-order valence-corrected chi connectivity index (χ1v) is 8.31. The summed E-state index contributed by atoms with van der Waals surface area (Å²) in [5.41, 5.74) is 1.24. The molecule has 0 saturated carbocycles. The molecule has 0 spiro atoms. The van der Waals surface area contributed by atoms with Crippen molar-refractivity contribution in [3.8, 4) is 0 Å². The number of amides is 1. The molecule has 2 aromatic rings. The summed E-state index contributed by atoms with van der Waals surface area (Å²) >= 11 is 18.0. The summed E-state index contributed by atoms with van der Waals surface area (Å²) in [7, 11) is 0. The number of nitrogens with one attached hydrogen (secondary N) is 1. The first kappa shape index (κ1) is 16.7. The lowest BCUT2D eigenvalue weighted by Gasteiger charge is -2.38. The first-order valence-electron chi connectivity index (χ1n) is 7.18. The van der Waals surface area contributed by atoms with Crippen LogP contribution in [0.5, 0.6) is 0 Å². The van der Waals surface area contributed by atoms with E-state index >= 15 is 0 Å². The van der Waals surface area contributed by atoms with Crippen molar-refractivity contribution in [3.05, 3.63) is 56.8 Å². The molecule has 1 amide bonds. The Morgan fingerprint density at radius 2 is 2.00 bits per heavy atom. The maximum atomic E-state index is 12.7. The van der Waals surface area contributed by atoms with Crippen LogP contribution in [0, 0.1) is 0 Å². The fourth-order valence-corrected chi connectivity index (χ4v) is 3.21. The van der Waals surface area contributed by atoms with Gasteiger partial charge in [0.1, 0.15) is 17.0 Å². The van der Waals surface area contributed by atoms with E-state index in [9.17, 15) is 4.79 Å². The van der Waals surface area contributed by atoms with Gasteiger partial charge in [0.15, 0.2) is 0 Å². The molecule has 0 aliphatic carbocycles. The van der Waals surface area contributed by atoms with Crippen molar-refractivity contribution in [1.82, 2.24) is 9.88 Å². The summed E-state index contributed by atoms with van der Waals surface area (Å²) in [6.45, 7) is 2.79. The minimum absolute atomic E-state index is 0.0536. The van der Waals surface area contributed by atoms with Gasteiger partial charge in [-0.3, -0.25) is 4.79 Å². The van der Waals surface area contributed by atoms with Crippen LogP contribution in [-0.2, 0) is 4.74 Å². The summed E-state index contributed by atoms with van der Waals surface area (Å²) in [6, 6.07) is 8.98. The summed E-state index contributed by atoms with van der Waals surface area (Å²) in [5.74, 6) is -0.161. The molecule has 1 fully saturated rings. The lowest BCUT2D eigenvalue weighted by atomic mass is 10.1. The molecule has 0 radical (unpaired) electrons. The van der Waals surface area contributed by atoms with Gasteiger partial charge in [-0.05, 0) is 19.1 Å². The number of nitrogens with zero attached hydrogens (tertiary/aromatic N) is 1. The highest BCUT2D eigenvalue weighted by atomic mass is 35.5. The monoisotopic (exact) mass is 372 g/mol. The van der Waals surface area contributed by atoms with Gasteiger partial charge in [-0.2, -0.15) is 0 Å². The molecule has 1 aliphatic rings. The highest BCUT2D eigenvalue weighted by Crippen LogP contribution is 2.31.